The molecule has 94 valence electrons. The van der Waals surface area contributed by atoms with Crippen LogP contribution in [0.1, 0.15) is 26.3 Å². The van der Waals surface area contributed by atoms with Gasteiger partial charge in [-0.05, 0) is 13.8 Å². The first-order valence-corrected chi connectivity index (χ1v) is 5.67. The van der Waals surface area contributed by atoms with Gasteiger partial charge in [0.15, 0.2) is 0 Å². The number of rotatable bonds is 5. The summed E-state index contributed by atoms with van der Waals surface area (Å²) < 4.78 is 15.5. The van der Waals surface area contributed by atoms with E-state index in [2.05, 4.69) is 0 Å². The molecule has 1 unspecified atom stereocenters. The van der Waals surface area contributed by atoms with Crippen LogP contribution >= 0.6 is 0 Å². The minimum Gasteiger partial charge on any atom is -0.435 e. The average Bonchev–Trinajstić information content (AvgIpc) is 2.30. The Hall–Kier alpha value is -1.55. The van der Waals surface area contributed by atoms with Gasteiger partial charge in [-0.15, -0.1) is 0 Å². The number of benzene rings is 1. The van der Waals surface area contributed by atoms with Gasteiger partial charge in [-0.25, -0.2) is 4.79 Å². The first-order valence-electron chi connectivity index (χ1n) is 5.67. The molecule has 1 atom stereocenters. The van der Waals surface area contributed by atoms with Gasteiger partial charge in [0.2, 0.25) is 5.79 Å². The quantitative estimate of drug-likeness (QED) is 0.584. The van der Waals surface area contributed by atoms with Crippen molar-refractivity contribution in [3.63, 3.8) is 0 Å². The van der Waals surface area contributed by atoms with Crippen LogP contribution in [0.15, 0.2) is 30.3 Å². The molecule has 4 nitrogen and oxygen atoms in total. The van der Waals surface area contributed by atoms with Crippen molar-refractivity contribution in [1.82, 2.24) is 0 Å². The first kappa shape index (κ1) is 13.5. The normalized spacial score (nSPS) is 13.8. The monoisotopic (exact) mass is 238 g/mol. The van der Waals surface area contributed by atoms with E-state index in [1.54, 1.807) is 13.8 Å². The Morgan fingerprint density at radius 3 is 2.35 bits per heavy atom. The lowest BCUT2D eigenvalue weighted by molar-refractivity contribution is -0.207. The zero-order valence-corrected chi connectivity index (χ0v) is 10.4. The Labute approximate surface area is 101 Å². The van der Waals surface area contributed by atoms with Gasteiger partial charge in [-0.3, -0.25) is 0 Å². The maximum Gasteiger partial charge on any atom is 0.511 e. The molecule has 0 aliphatic heterocycles. The van der Waals surface area contributed by atoms with Gasteiger partial charge in [0, 0.05) is 19.1 Å². The average molecular weight is 238 g/mol. The van der Waals surface area contributed by atoms with Gasteiger partial charge in [0.25, 0.3) is 0 Å². The fourth-order valence-corrected chi connectivity index (χ4v) is 1.49. The molecule has 17 heavy (non-hydrogen) atoms. The predicted octanol–water partition coefficient (Wildman–Crippen LogP) is 3.07. The van der Waals surface area contributed by atoms with Gasteiger partial charge >= 0.3 is 6.16 Å². The molecule has 0 fully saturated rings. The van der Waals surface area contributed by atoms with Crippen LogP contribution in [0.3, 0.4) is 0 Å². The van der Waals surface area contributed by atoms with Crippen molar-refractivity contribution in [3.8, 4) is 0 Å². The molecule has 0 saturated carbocycles. The minimum atomic E-state index is -1.11. The smallest absolute Gasteiger partial charge is 0.435 e. The van der Waals surface area contributed by atoms with Crippen molar-refractivity contribution in [1.29, 1.82) is 0 Å². The van der Waals surface area contributed by atoms with E-state index in [4.69, 9.17) is 14.2 Å². The lowest BCUT2D eigenvalue weighted by Crippen LogP contribution is -2.32. The molecule has 0 saturated heterocycles. The van der Waals surface area contributed by atoms with E-state index < -0.39 is 11.9 Å². The largest absolute Gasteiger partial charge is 0.511 e. The molecule has 1 aromatic carbocycles. The summed E-state index contributed by atoms with van der Waals surface area (Å²) in [5, 5.41) is 0. The SMILES string of the molecule is CCOC(=O)OC(C)(OCC)c1ccccc1. The van der Waals surface area contributed by atoms with E-state index >= 15 is 0 Å². The Morgan fingerprint density at radius 1 is 1.18 bits per heavy atom. The topological polar surface area (TPSA) is 44.8 Å². The molecule has 0 amide bonds. The van der Waals surface area contributed by atoms with E-state index in [-0.39, 0.29) is 6.61 Å². The summed E-state index contributed by atoms with van der Waals surface area (Å²) in [5.74, 6) is -1.11. The van der Waals surface area contributed by atoms with Crippen LogP contribution in [0.2, 0.25) is 0 Å². The molecule has 0 aliphatic rings. The molecule has 1 aromatic rings. The third kappa shape index (κ3) is 3.75. The third-order valence-corrected chi connectivity index (χ3v) is 2.26. The zero-order chi connectivity index (χ0) is 12.7. The second-order valence-corrected chi connectivity index (χ2v) is 3.53. The van der Waals surface area contributed by atoms with Crippen molar-refractivity contribution >= 4 is 6.16 Å². The molecular weight excluding hydrogens is 220 g/mol. The standard InChI is InChI=1S/C13H18O4/c1-4-15-12(14)17-13(3,16-5-2)11-9-7-6-8-10-11/h6-10H,4-5H2,1-3H3. The Kier molecular flexibility index (Phi) is 4.97. The number of hydrogen-bond acceptors (Lipinski definition) is 4. The summed E-state index contributed by atoms with van der Waals surface area (Å²) in [6.07, 6.45) is -0.729. The zero-order valence-electron chi connectivity index (χ0n) is 10.4. The highest BCUT2D eigenvalue weighted by atomic mass is 16.8. The summed E-state index contributed by atoms with van der Waals surface area (Å²) >= 11 is 0. The van der Waals surface area contributed by atoms with Gasteiger partial charge in [0.05, 0.1) is 6.61 Å². The fraction of sp³-hybridized carbons (Fsp3) is 0.462. The van der Waals surface area contributed by atoms with E-state index in [0.29, 0.717) is 6.61 Å². The van der Waals surface area contributed by atoms with Gasteiger partial charge in [-0.1, -0.05) is 30.3 Å². The predicted molar refractivity (Wildman–Crippen MR) is 63.5 cm³/mol. The van der Waals surface area contributed by atoms with Crippen LogP contribution in [-0.4, -0.2) is 19.4 Å². The number of ether oxygens (including phenoxy) is 3. The highest BCUT2D eigenvalue weighted by Crippen LogP contribution is 2.27. The highest BCUT2D eigenvalue weighted by Gasteiger charge is 2.32. The van der Waals surface area contributed by atoms with Crippen molar-refractivity contribution in [2.45, 2.75) is 26.6 Å². The lowest BCUT2D eigenvalue weighted by atomic mass is 10.1. The lowest BCUT2D eigenvalue weighted by Gasteiger charge is -2.28. The maximum absolute atomic E-state index is 11.4. The summed E-state index contributed by atoms with van der Waals surface area (Å²) in [5.41, 5.74) is 0.773. The van der Waals surface area contributed by atoms with Crippen LogP contribution in [0.5, 0.6) is 0 Å². The molecular formula is C13H18O4. The summed E-state index contributed by atoms with van der Waals surface area (Å²) in [6.45, 7) is 5.97. The molecule has 0 radical (unpaired) electrons. The van der Waals surface area contributed by atoms with Crippen LogP contribution in [0.25, 0.3) is 0 Å². The summed E-state index contributed by atoms with van der Waals surface area (Å²) in [4.78, 5) is 11.4. The van der Waals surface area contributed by atoms with Gasteiger partial charge in [0.1, 0.15) is 0 Å². The van der Waals surface area contributed by atoms with E-state index in [9.17, 15) is 4.79 Å². The number of carbonyl (C=O) groups excluding carboxylic acids is 1. The van der Waals surface area contributed by atoms with Gasteiger partial charge in [-0.2, -0.15) is 0 Å². The molecule has 4 heteroatoms. The van der Waals surface area contributed by atoms with Crippen molar-refractivity contribution < 1.29 is 19.0 Å². The van der Waals surface area contributed by atoms with Crippen molar-refractivity contribution in [2.24, 2.45) is 0 Å². The molecule has 0 N–H and O–H groups in total. The molecule has 0 heterocycles. The molecule has 0 aromatic heterocycles. The van der Waals surface area contributed by atoms with E-state index in [1.807, 2.05) is 37.3 Å². The third-order valence-electron chi connectivity index (χ3n) is 2.26. The Bertz CT molecular complexity index is 350. The molecule has 1 rings (SSSR count). The van der Waals surface area contributed by atoms with Crippen LogP contribution in [-0.2, 0) is 20.0 Å². The Morgan fingerprint density at radius 2 is 1.82 bits per heavy atom. The van der Waals surface area contributed by atoms with Crippen LogP contribution in [0, 0.1) is 0 Å². The fourth-order valence-electron chi connectivity index (χ4n) is 1.49. The minimum absolute atomic E-state index is 0.274. The second-order valence-electron chi connectivity index (χ2n) is 3.53. The molecule has 0 aliphatic carbocycles. The number of hydrogen-bond donors (Lipinski definition) is 0. The molecule has 0 spiro atoms. The van der Waals surface area contributed by atoms with Crippen LogP contribution < -0.4 is 0 Å². The van der Waals surface area contributed by atoms with Crippen LogP contribution in [0.4, 0.5) is 4.79 Å². The summed E-state index contributed by atoms with van der Waals surface area (Å²) in [7, 11) is 0. The summed E-state index contributed by atoms with van der Waals surface area (Å²) in [6, 6.07) is 9.30. The maximum atomic E-state index is 11.4. The number of carbonyl (C=O) groups is 1. The van der Waals surface area contributed by atoms with E-state index in [0.717, 1.165) is 5.56 Å². The second kappa shape index (κ2) is 6.25. The first-order chi connectivity index (χ1) is 8.12. The van der Waals surface area contributed by atoms with Crippen molar-refractivity contribution in [3.05, 3.63) is 35.9 Å². The van der Waals surface area contributed by atoms with Gasteiger partial charge < -0.3 is 14.2 Å². The highest BCUT2D eigenvalue weighted by molar-refractivity contribution is 5.60. The molecule has 0 bridgehead atoms. The van der Waals surface area contributed by atoms with E-state index in [1.165, 1.54) is 0 Å². The Balaban J connectivity index is 2.86. The van der Waals surface area contributed by atoms with Crippen molar-refractivity contribution in [2.75, 3.05) is 13.2 Å².